The van der Waals surface area contributed by atoms with Gasteiger partial charge in [0, 0.05) is 46.0 Å². The lowest BCUT2D eigenvalue weighted by Crippen LogP contribution is -2.43. The molecule has 1 aromatic carbocycles. The van der Waals surface area contributed by atoms with Crippen LogP contribution in [0.1, 0.15) is 11.3 Å². The Kier molecular flexibility index (Phi) is 4.36. The van der Waals surface area contributed by atoms with Crippen molar-refractivity contribution in [3.63, 3.8) is 0 Å². The standard InChI is InChI=1S/C17H22N4/c1-19-9-5-8-17(19)14-18-21-12-10-20(11-13-21)15-16-6-3-2-4-7-16/h2-9,14H,10-13,15H2,1H3. The predicted molar refractivity (Wildman–Crippen MR) is 86.3 cm³/mol. The highest BCUT2D eigenvalue weighted by Gasteiger charge is 2.15. The maximum absolute atomic E-state index is 4.59. The Morgan fingerprint density at radius 2 is 1.76 bits per heavy atom. The Balaban J connectivity index is 1.49. The minimum absolute atomic E-state index is 0.994. The quantitative estimate of drug-likeness (QED) is 0.803. The van der Waals surface area contributed by atoms with Gasteiger partial charge in [-0.1, -0.05) is 30.3 Å². The number of piperazine rings is 1. The van der Waals surface area contributed by atoms with Crippen LogP contribution in [0, 0.1) is 0 Å². The van der Waals surface area contributed by atoms with Gasteiger partial charge in [-0.15, -0.1) is 0 Å². The highest BCUT2D eigenvalue weighted by Crippen LogP contribution is 2.08. The van der Waals surface area contributed by atoms with E-state index >= 15 is 0 Å². The van der Waals surface area contributed by atoms with Gasteiger partial charge in [0.25, 0.3) is 0 Å². The average Bonchev–Trinajstić information content (AvgIpc) is 2.93. The second-order valence-electron chi connectivity index (χ2n) is 5.50. The second kappa shape index (κ2) is 6.59. The van der Waals surface area contributed by atoms with Crippen LogP contribution in [0.4, 0.5) is 0 Å². The molecule has 1 fully saturated rings. The summed E-state index contributed by atoms with van der Waals surface area (Å²) in [5.74, 6) is 0. The first kappa shape index (κ1) is 13.9. The summed E-state index contributed by atoms with van der Waals surface area (Å²) in [7, 11) is 2.04. The van der Waals surface area contributed by atoms with E-state index in [9.17, 15) is 0 Å². The van der Waals surface area contributed by atoms with Crippen LogP contribution < -0.4 is 0 Å². The van der Waals surface area contributed by atoms with Crippen LogP contribution in [0.5, 0.6) is 0 Å². The largest absolute Gasteiger partial charge is 0.350 e. The first-order chi connectivity index (χ1) is 10.3. The Morgan fingerprint density at radius 1 is 1.00 bits per heavy atom. The molecule has 1 aliphatic rings. The maximum Gasteiger partial charge on any atom is 0.0707 e. The molecule has 1 aliphatic heterocycles. The van der Waals surface area contributed by atoms with Crippen LogP contribution in [0.15, 0.2) is 53.8 Å². The van der Waals surface area contributed by atoms with Crippen LogP contribution in [-0.4, -0.2) is 46.9 Å². The van der Waals surface area contributed by atoms with Crippen LogP contribution in [0.3, 0.4) is 0 Å². The molecule has 0 spiro atoms. The molecule has 0 saturated carbocycles. The molecular formula is C17H22N4. The minimum atomic E-state index is 0.994. The molecule has 110 valence electrons. The van der Waals surface area contributed by atoms with Gasteiger partial charge in [0.05, 0.1) is 11.9 Å². The van der Waals surface area contributed by atoms with Gasteiger partial charge in [-0.05, 0) is 17.7 Å². The number of hydrazone groups is 1. The smallest absolute Gasteiger partial charge is 0.0707 e. The van der Waals surface area contributed by atoms with Crippen molar-refractivity contribution in [2.24, 2.45) is 12.1 Å². The summed E-state index contributed by atoms with van der Waals surface area (Å²) in [6, 6.07) is 14.8. The molecule has 4 heteroatoms. The number of benzene rings is 1. The molecule has 0 N–H and O–H groups in total. The van der Waals surface area contributed by atoms with Gasteiger partial charge in [0.1, 0.15) is 0 Å². The molecule has 1 aromatic heterocycles. The van der Waals surface area contributed by atoms with Gasteiger partial charge in [0.15, 0.2) is 0 Å². The highest BCUT2D eigenvalue weighted by molar-refractivity contribution is 5.77. The van der Waals surface area contributed by atoms with E-state index in [4.69, 9.17) is 0 Å². The Bertz CT molecular complexity index is 580. The molecule has 1 saturated heterocycles. The Morgan fingerprint density at radius 3 is 2.43 bits per heavy atom. The zero-order valence-corrected chi connectivity index (χ0v) is 12.5. The SMILES string of the molecule is Cn1cccc1C=NN1CCN(Cc2ccccc2)CC1. The van der Waals surface area contributed by atoms with Gasteiger partial charge >= 0.3 is 0 Å². The molecule has 21 heavy (non-hydrogen) atoms. The molecule has 2 heterocycles. The summed E-state index contributed by atoms with van der Waals surface area (Å²) in [4.78, 5) is 2.49. The van der Waals surface area contributed by atoms with E-state index in [0.717, 1.165) is 38.4 Å². The zero-order chi connectivity index (χ0) is 14.5. The Labute approximate surface area is 126 Å². The fourth-order valence-electron chi connectivity index (χ4n) is 2.60. The van der Waals surface area contributed by atoms with Gasteiger partial charge < -0.3 is 4.57 Å². The van der Waals surface area contributed by atoms with Gasteiger partial charge in [-0.25, -0.2) is 0 Å². The van der Waals surface area contributed by atoms with E-state index in [0.29, 0.717) is 0 Å². The molecule has 3 rings (SSSR count). The predicted octanol–water partition coefficient (Wildman–Crippen LogP) is 2.18. The minimum Gasteiger partial charge on any atom is -0.350 e. The molecule has 0 amide bonds. The van der Waals surface area contributed by atoms with Gasteiger partial charge in [0.2, 0.25) is 0 Å². The number of rotatable bonds is 4. The van der Waals surface area contributed by atoms with Crippen molar-refractivity contribution in [1.82, 2.24) is 14.5 Å². The lowest BCUT2D eigenvalue weighted by molar-refractivity contribution is 0.131. The third-order valence-electron chi connectivity index (χ3n) is 3.93. The fourth-order valence-corrected chi connectivity index (χ4v) is 2.60. The number of aromatic nitrogens is 1. The molecule has 4 nitrogen and oxygen atoms in total. The van der Waals surface area contributed by atoms with Crippen LogP contribution >= 0.6 is 0 Å². The first-order valence-electron chi connectivity index (χ1n) is 7.48. The van der Waals surface area contributed by atoms with E-state index in [2.05, 4.69) is 56.0 Å². The number of nitrogens with zero attached hydrogens (tertiary/aromatic N) is 4. The summed E-state index contributed by atoms with van der Waals surface area (Å²) < 4.78 is 2.08. The van der Waals surface area contributed by atoms with Crippen molar-refractivity contribution in [2.45, 2.75) is 6.54 Å². The van der Waals surface area contributed by atoms with E-state index in [1.807, 2.05) is 25.5 Å². The van der Waals surface area contributed by atoms with Crippen molar-refractivity contribution in [1.29, 1.82) is 0 Å². The van der Waals surface area contributed by atoms with Crippen molar-refractivity contribution >= 4 is 6.21 Å². The average molecular weight is 282 g/mol. The molecule has 0 radical (unpaired) electrons. The van der Waals surface area contributed by atoms with E-state index in [1.165, 1.54) is 5.56 Å². The number of aryl methyl sites for hydroxylation is 1. The topological polar surface area (TPSA) is 23.8 Å². The van der Waals surface area contributed by atoms with Crippen LogP contribution in [0.2, 0.25) is 0 Å². The summed E-state index contributed by atoms with van der Waals surface area (Å²) in [6.45, 7) is 5.16. The van der Waals surface area contributed by atoms with E-state index in [-0.39, 0.29) is 0 Å². The lowest BCUT2D eigenvalue weighted by atomic mass is 10.2. The van der Waals surface area contributed by atoms with E-state index in [1.54, 1.807) is 0 Å². The Hall–Kier alpha value is -2.07. The summed E-state index contributed by atoms with van der Waals surface area (Å²) in [6.07, 6.45) is 3.99. The molecule has 2 aromatic rings. The van der Waals surface area contributed by atoms with Crippen molar-refractivity contribution in [3.8, 4) is 0 Å². The number of hydrogen-bond acceptors (Lipinski definition) is 3. The molecule has 0 aliphatic carbocycles. The molecule has 0 unspecified atom stereocenters. The summed E-state index contributed by atoms with van der Waals surface area (Å²) >= 11 is 0. The van der Waals surface area contributed by atoms with Crippen molar-refractivity contribution in [2.75, 3.05) is 26.2 Å². The second-order valence-corrected chi connectivity index (χ2v) is 5.50. The van der Waals surface area contributed by atoms with Crippen LogP contribution in [-0.2, 0) is 13.6 Å². The van der Waals surface area contributed by atoms with Gasteiger partial charge in [-0.2, -0.15) is 5.10 Å². The monoisotopic (exact) mass is 282 g/mol. The first-order valence-corrected chi connectivity index (χ1v) is 7.48. The van der Waals surface area contributed by atoms with Crippen molar-refractivity contribution < 1.29 is 0 Å². The summed E-state index contributed by atoms with van der Waals surface area (Å²) in [5.41, 5.74) is 2.53. The van der Waals surface area contributed by atoms with Crippen LogP contribution in [0.25, 0.3) is 0 Å². The maximum atomic E-state index is 4.59. The normalized spacial score (nSPS) is 16.7. The zero-order valence-electron chi connectivity index (χ0n) is 12.5. The lowest BCUT2D eigenvalue weighted by Gasteiger charge is -2.33. The molecule has 0 atom stereocenters. The fraction of sp³-hybridized carbons (Fsp3) is 0.353. The molecule has 0 bridgehead atoms. The third kappa shape index (κ3) is 3.73. The number of hydrogen-bond donors (Lipinski definition) is 0. The van der Waals surface area contributed by atoms with Crippen molar-refractivity contribution in [3.05, 3.63) is 59.9 Å². The third-order valence-corrected chi connectivity index (χ3v) is 3.93. The highest BCUT2D eigenvalue weighted by atomic mass is 15.5. The summed E-state index contributed by atoms with van der Waals surface area (Å²) in [5, 5.41) is 6.75. The van der Waals surface area contributed by atoms with Gasteiger partial charge in [-0.3, -0.25) is 9.91 Å². The van der Waals surface area contributed by atoms with E-state index < -0.39 is 0 Å². The molecular weight excluding hydrogens is 260 g/mol.